The molecule has 0 N–H and O–H groups in total. The molecule has 1 aromatic carbocycles. The Morgan fingerprint density at radius 3 is 2.56 bits per heavy atom. The summed E-state index contributed by atoms with van der Waals surface area (Å²) in [5, 5.41) is 3.92. The molecule has 0 bridgehead atoms. The van der Waals surface area contributed by atoms with Gasteiger partial charge in [-0.05, 0) is 36.8 Å². The van der Waals surface area contributed by atoms with Crippen LogP contribution in [0.2, 0.25) is 0 Å². The molecule has 1 fully saturated rings. The van der Waals surface area contributed by atoms with Gasteiger partial charge in [-0.3, -0.25) is 9.88 Å². The van der Waals surface area contributed by atoms with Crippen molar-refractivity contribution >= 4 is 6.09 Å². The van der Waals surface area contributed by atoms with Crippen LogP contribution < -0.4 is 9.47 Å². The summed E-state index contributed by atoms with van der Waals surface area (Å²) in [5.41, 5.74) is 2.02. The maximum Gasteiger partial charge on any atom is 0.415 e. The zero-order valence-electron chi connectivity index (χ0n) is 18.3. The van der Waals surface area contributed by atoms with E-state index in [1.807, 2.05) is 49.4 Å². The first kappa shape index (κ1) is 21.8. The number of ether oxygens (including phenoxy) is 2. The summed E-state index contributed by atoms with van der Waals surface area (Å²) in [6, 6.07) is 13.3. The molecule has 1 aliphatic rings. The smallest absolute Gasteiger partial charge is 0.415 e. The summed E-state index contributed by atoms with van der Waals surface area (Å²) in [7, 11) is 0. The van der Waals surface area contributed by atoms with E-state index in [0.717, 1.165) is 55.2 Å². The maximum atomic E-state index is 12.5. The molecule has 0 spiro atoms. The quantitative estimate of drug-likeness (QED) is 0.536. The number of carbonyl (C=O) groups is 1. The predicted molar refractivity (Wildman–Crippen MR) is 119 cm³/mol. The summed E-state index contributed by atoms with van der Waals surface area (Å²) < 4.78 is 16.5. The van der Waals surface area contributed by atoms with Gasteiger partial charge < -0.3 is 18.9 Å². The molecule has 2 aromatic heterocycles. The van der Waals surface area contributed by atoms with Gasteiger partial charge in [0.25, 0.3) is 0 Å². The van der Waals surface area contributed by atoms with Gasteiger partial charge >= 0.3 is 6.09 Å². The number of hydrogen-bond donors (Lipinski definition) is 0. The molecular formula is C24H28N4O4. The fourth-order valence-corrected chi connectivity index (χ4v) is 3.57. The van der Waals surface area contributed by atoms with E-state index in [4.69, 9.17) is 14.0 Å². The molecule has 8 heteroatoms. The van der Waals surface area contributed by atoms with E-state index >= 15 is 0 Å². The molecule has 0 saturated carbocycles. The fraction of sp³-hybridized carbons (Fsp3) is 0.375. The molecule has 0 aliphatic carbocycles. The average Bonchev–Trinajstić information content (AvgIpc) is 3.25. The van der Waals surface area contributed by atoms with E-state index in [2.05, 4.69) is 15.0 Å². The van der Waals surface area contributed by atoms with E-state index in [1.165, 1.54) is 0 Å². The Hall–Kier alpha value is -3.39. The zero-order chi connectivity index (χ0) is 22.2. The molecule has 32 heavy (non-hydrogen) atoms. The molecule has 0 unspecified atom stereocenters. The van der Waals surface area contributed by atoms with Crippen molar-refractivity contribution in [1.82, 2.24) is 19.9 Å². The van der Waals surface area contributed by atoms with Crippen LogP contribution in [0.5, 0.6) is 11.5 Å². The Kier molecular flexibility index (Phi) is 7.34. The number of amides is 1. The topological polar surface area (TPSA) is 80.9 Å². The standard InChI is InChI=1S/C24H28N4O4/c1-19-17-22(32-26-19)8-11-27-12-14-28(15-13-27)24(29)31-21-6-4-20(5-7-21)9-16-30-23-3-2-10-25-18-23/h2-7,10,17-18H,8-9,11-16H2,1H3. The Morgan fingerprint density at radius 2 is 1.88 bits per heavy atom. The Balaban J connectivity index is 1.16. The summed E-state index contributed by atoms with van der Waals surface area (Å²) in [6.45, 7) is 6.31. The van der Waals surface area contributed by atoms with Crippen molar-refractivity contribution in [2.75, 3.05) is 39.3 Å². The minimum atomic E-state index is -0.303. The summed E-state index contributed by atoms with van der Waals surface area (Å²) in [5.74, 6) is 2.21. The van der Waals surface area contributed by atoms with Crippen molar-refractivity contribution in [2.45, 2.75) is 19.8 Å². The van der Waals surface area contributed by atoms with Gasteiger partial charge in [0, 0.05) is 57.8 Å². The molecule has 3 heterocycles. The molecule has 1 amide bonds. The van der Waals surface area contributed by atoms with Gasteiger partial charge in [-0.25, -0.2) is 4.79 Å². The number of nitrogens with zero attached hydrogens (tertiary/aromatic N) is 4. The molecule has 0 radical (unpaired) electrons. The largest absolute Gasteiger partial charge is 0.492 e. The first-order valence-electron chi connectivity index (χ1n) is 10.9. The Bertz CT molecular complexity index is 983. The van der Waals surface area contributed by atoms with Crippen LogP contribution in [0.1, 0.15) is 17.0 Å². The number of carbonyl (C=O) groups excluding carboxylic acids is 1. The van der Waals surface area contributed by atoms with Gasteiger partial charge in [0.2, 0.25) is 0 Å². The van der Waals surface area contributed by atoms with Gasteiger partial charge in [0.15, 0.2) is 0 Å². The number of benzene rings is 1. The Labute approximate surface area is 187 Å². The van der Waals surface area contributed by atoms with Crippen molar-refractivity contribution in [2.24, 2.45) is 0 Å². The van der Waals surface area contributed by atoms with Crippen molar-refractivity contribution in [3.63, 3.8) is 0 Å². The molecule has 8 nitrogen and oxygen atoms in total. The third-order valence-corrected chi connectivity index (χ3v) is 5.40. The molecular weight excluding hydrogens is 408 g/mol. The highest BCUT2D eigenvalue weighted by atomic mass is 16.6. The first-order valence-corrected chi connectivity index (χ1v) is 10.9. The highest BCUT2D eigenvalue weighted by molar-refractivity contribution is 5.70. The summed E-state index contributed by atoms with van der Waals surface area (Å²) in [6.07, 6.45) is 4.69. The van der Waals surface area contributed by atoms with Crippen LogP contribution in [0.25, 0.3) is 0 Å². The van der Waals surface area contributed by atoms with Crippen molar-refractivity contribution in [3.8, 4) is 11.5 Å². The maximum absolute atomic E-state index is 12.5. The fourth-order valence-electron chi connectivity index (χ4n) is 3.57. The van der Waals surface area contributed by atoms with Gasteiger partial charge in [-0.15, -0.1) is 0 Å². The van der Waals surface area contributed by atoms with Gasteiger partial charge in [0.05, 0.1) is 18.5 Å². The second-order valence-corrected chi connectivity index (χ2v) is 7.81. The second kappa shape index (κ2) is 10.8. The highest BCUT2D eigenvalue weighted by Gasteiger charge is 2.22. The third kappa shape index (κ3) is 6.31. The molecule has 168 valence electrons. The van der Waals surface area contributed by atoms with Crippen LogP contribution >= 0.6 is 0 Å². The van der Waals surface area contributed by atoms with Crippen LogP contribution in [0.4, 0.5) is 4.79 Å². The lowest BCUT2D eigenvalue weighted by atomic mass is 10.1. The zero-order valence-corrected chi connectivity index (χ0v) is 18.3. The van der Waals surface area contributed by atoms with E-state index in [1.54, 1.807) is 17.3 Å². The van der Waals surface area contributed by atoms with Crippen molar-refractivity contribution in [3.05, 3.63) is 71.9 Å². The second-order valence-electron chi connectivity index (χ2n) is 7.81. The molecule has 3 aromatic rings. The molecule has 0 atom stereocenters. The normalized spacial score (nSPS) is 14.3. The van der Waals surface area contributed by atoms with Gasteiger partial charge in [0.1, 0.15) is 17.3 Å². The van der Waals surface area contributed by atoms with E-state index < -0.39 is 0 Å². The van der Waals surface area contributed by atoms with Crippen LogP contribution in [0.3, 0.4) is 0 Å². The number of aromatic nitrogens is 2. The van der Waals surface area contributed by atoms with Gasteiger partial charge in [-0.1, -0.05) is 17.3 Å². The van der Waals surface area contributed by atoms with Crippen molar-refractivity contribution < 1.29 is 18.8 Å². The summed E-state index contributed by atoms with van der Waals surface area (Å²) >= 11 is 0. The van der Waals surface area contributed by atoms with Crippen LogP contribution in [0.15, 0.2) is 59.4 Å². The minimum Gasteiger partial charge on any atom is -0.492 e. The monoisotopic (exact) mass is 436 g/mol. The average molecular weight is 437 g/mol. The summed E-state index contributed by atoms with van der Waals surface area (Å²) in [4.78, 5) is 20.6. The molecule has 1 saturated heterocycles. The first-order chi connectivity index (χ1) is 15.7. The lowest BCUT2D eigenvalue weighted by Crippen LogP contribution is -2.49. The number of pyridine rings is 1. The SMILES string of the molecule is Cc1cc(CCN2CCN(C(=O)Oc3ccc(CCOc4cccnc4)cc3)CC2)on1. The predicted octanol–water partition coefficient (Wildman–Crippen LogP) is 3.36. The third-order valence-electron chi connectivity index (χ3n) is 5.40. The van der Waals surface area contributed by atoms with Crippen LogP contribution in [-0.2, 0) is 12.8 Å². The van der Waals surface area contributed by atoms with Gasteiger partial charge in [-0.2, -0.15) is 0 Å². The number of piperazine rings is 1. The van der Waals surface area contributed by atoms with Crippen LogP contribution in [-0.4, -0.2) is 65.4 Å². The Morgan fingerprint density at radius 1 is 1.06 bits per heavy atom. The minimum absolute atomic E-state index is 0.303. The molecule has 1 aliphatic heterocycles. The lowest BCUT2D eigenvalue weighted by Gasteiger charge is -2.33. The number of rotatable bonds is 8. The lowest BCUT2D eigenvalue weighted by molar-refractivity contribution is 0.110. The van der Waals surface area contributed by atoms with Crippen molar-refractivity contribution in [1.29, 1.82) is 0 Å². The van der Waals surface area contributed by atoms with E-state index in [9.17, 15) is 4.79 Å². The van der Waals surface area contributed by atoms with E-state index in [-0.39, 0.29) is 6.09 Å². The number of aryl methyl sites for hydroxylation is 1. The highest BCUT2D eigenvalue weighted by Crippen LogP contribution is 2.16. The van der Waals surface area contributed by atoms with E-state index in [0.29, 0.717) is 25.4 Å². The van der Waals surface area contributed by atoms with Crippen LogP contribution in [0, 0.1) is 6.92 Å². The molecule has 4 rings (SSSR count). The number of hydrogen-bond acceptors (Lipinski definition) is 7.